The van der Waals surface area contributed by atoms with Crippen LogP contribution in [0, 0.1) is 5.92 Å². The Bertz CT molecular complexity index is 295. The number of nitrogens with one attached hydrogen (secondary N) is 1. The molecule has 0 aromatic carbocycles. The molecule has 0 radical (unpaired) electrons. The van der Waals surface area contributed by atoms with E-state index in [-0.39, 0.29) is 11.9 Å². The molecule has 1 atom stereocenters. The minimum Gasteiger partial charge on any atom is -0.353 e. The lowest BCUT2D eigenvalue weighted by molar-refractivity contribution is -0.125. The molecule has 0 heterocycles. The molecule has 0 fully saturated rings. The number of nitrogens with two attached hydrogens (primary N) is 1. The summed E-state index contributed by atoms with van der Waals surface area (Å²) in [6.45, 7) is 17.4. The van der Waals surface area contributed by atoms with Crippen LogP contribution < -0.4 is 11.1 Å². The molecule has 110 valence electrons. The largest absolute Gasteiger partial charge is 0.353 e. The molecule has 0 rings (SSSR count). The number of carbonyl (C=O) groups is 1. The SMILES string of the molecule is C=CCN(CC=C)C(CNC(=O)C(C)(C)N)C(C)C. The van der Waals surface area contributed by atoms with Gasteiger partial charge in [-0.3, -0.25) is 9.69 Å². The van der Waals surface area contributed by atoms with Crippen LogP contribution in [0.3, 0.4) is 0 Å². The van der Waals surface area contributed by atoms with E-state index in [0.29, 0.717) is 12.5 Å². The predicted octanol–water partition coefficient (Wildman–Crippen LogP) is 1.54. The fourth-order valence-electron chi connectivity index (χ4n) is 1.89. The topological polar surface area (TPSA) is 58.4 Å². The Morgan fingerprint density at radius 3 is 2.11 bits per heavy atom. The summed E-state index contributed by atoms with van der Waals surface area (Å²) < 4.78 is 0. The average molecular weight is 267 g/mol. The Labute approximate surface area is 117 Å². The van der Waals surface area contributed by atoms with Gasteiger partial charge in [0.25, 0.3) is 0 Å². The summed E-state index contributed by atoms with van der Waals surface area (Å²) in [5.74, 6) is 0.288. The van der Waals surface area contributed by atoms with Crippen molar-refractivity contribution in [2.75, 3.05) is 19.6 Å². The molecule has 0 bridgehead atoms. The fourth-order valence-corrected chi connectivity index (χ4v) is 1.89. The molecule has 0 saturated carbocycles. The number of nitrogens with zero attached hydrogens (tertiary/aromatic N) is 1. The van der Waals surface area contributed by atoms with Gasteiger partial charge < -0.3 is 11.1 Å². The highest BCUT2D eigenvalue weighted by atomic mass is 16.2. The monoisotopic (exact) mass is 267 g/mol. The Balaban J connectivity index is 4.67. The second-order valence-corrected chi connectivity index (χ2v) is 5.77. The molecule has 0 aliphatic carbocycles. The van der Waals surface area contributed by atoms with Crippen LogP contribution in [-0.2, 0) is 4.79 Å². The van der Waals surface area contributed by atoms with Crippen LogP contribution in [0.1, 0.15) is 27.7 Å². The number of rotatable bonds is 9. The van der Waals surface area contributed by atoms with Gasteiger partial charge in [0, 0.05) is 25.7 Å². The molecule has 0 aromatic rings. The molecule has 4 nitrogen and oxygen atoms in total. The van der Waals surface area contributed by atoms with Crippen molar-refractivity contribution >= 4 is 5.91 Å². The van der Waals surface area contributed by atoms with Crippen molar-refractivity contribution in [1.82, 2.24) is 10.2 Å². The minimum absolute atomic E-state index is 0.129. The first-order chi connectivity index (χ1) is 8.73. The third kappa shape index (κ3) is 6.55. The van der Waals surface area contributed by atoms with Gasteiger partial charge in [-0.2, -0.15) is 0 Å². The fraction of sp³-hybridized carbons (Fsp3) is 0.667. The minimum atomic E-state index is -0.844. The van der Waals surface area contributed by atoms with Gasteiger partial charge >= 0.3 is 0 Å². The number of carbonyl (C=O) groups excluding carboxylic acids is 1. The Morgan fingerprint density at radius 1 is 1.32 bits per heavy atom. The predicted molar refractivity (Wildman–Crippen MR) is 81.9 cm³/mol. The first-order valence-electron chi connectivity index (χ1n) is 6.77. The zero-order chi connectivity index (χ0) is 15.1. The summed E-state index contributed by atoms with van der Waals surface area (Å²) >= 11 is 0. The highest BCUT2D eigenvalue weighted by Gasteiger charge is 2.25. The number of hydrogen-bond acceptors (Lipinski definition) is 3. The molecule has 3 N–H and O–H groups in total. The molecule has 1 unspecified atom stereocenters. The van der Waals surface area contributed by atoms with Crippen molar-refractivity contribution in [1.29, 1.82) is 0 Å². The van der Waals surface area contributed by atoms with Gasteiger partial charge in [0.15, 0.2) is 0 Å². The summed E-state index contributed by atoms with van der Waals surface area (Å²) in [6, 6.07) is 0.238. The molecule has 0 aromatic heterocycles. The van der Waals surface area contributed by atoms with Crippen molar-refractivity contribution in [3.63, 3.8) is 0 Å². The van der Waals surface area contributed by atoms with E-state index in [4.69, 9.17) is 5.73 Å². The highest BCUT2D eigenvalue weighted by Crippen LogP contribution is 2.11. The smallest absolute Gasteiger partial charge is 0.239 e. The van der Waals surface area contributed by atoms with Crippen LogP contribution in [0.2, 0.25) is 0 Å². The molecule has 0 aliphatic rings. The Kier molecular flexibility index (Phi) is 7.64. The van der Waals surface area contributed by atoms with Gasteiger partial charge in [-0.15, -0.1) is 13.2 Å². The summed E-state index contributed by atoms with van der Waals surface area (Å²) in [5, 5.41) is 2.93. The van der Waals surface area contributed by atoms with Gasteiger partial charge in [-0.1, -0.05) is 26.0 Å². The zero-order valence-electron chi connectivity index (χ0n) is 12.8. The van der Waals surface area contributed by atoms with E-state index in [2.05, 4.69) is 37.2 Å². The maximum absolute atomic E-state index is 11.8. The van der Waals surface area contributed by atoms with Crippen LogP contribution >= 0.6 is 0 Å². The summed E-state index contributed by atoms with van der Waals surface area (Å²) in [7, 11) is 0. The van der Waals surface area contributed by atoms with Crippen molar-refractivity contribution in [2.24, 2.45) is 11.7 Å². The summed E-state index contributed by atoms with van der Waals surface area (Å²) in [6.07, 6.45) is 3.74. The zero-order valence-corrected chi connectivity index (χ0v) is 12.8. The Hall–Kier alpha value is -1.13. The second kappa shape index (κ2) is 8.12. The molecule has 19 heavy (non-hydrogen) atoms. The van der Waals surface area contributed by atoms with E-state index in [0.717, 1.165) is 13.1 Å². The molecule has 0 aliphatic heterocycles. The van der Waals surface area contributed by atoms with Gasteiger partial charge in [-0.05, 0) is 19.8 Å². The quantitative estimate of drug-likeness (QED) is 0.623. The second-order valence-electron chi connectivity index (χ2n) is 5.77. The van der Waals surface area contributed by atoms with Crippen LogP contribution in [-0.4, -0.2) is 42.0 Å². The van der Waals surface area contributed by atoms with Crippen LogP contribution in [0.15, 0.2) is 25.3 Å². The van der Waals surface area contributed by atoms with E-state index in [1.165, 1.54) is 0 Å². The third-order valence-corrected chi connectivity index (χ3v) is 3.02. The van der Waals surface area contributed by atoms with Crippen LogP contribution in [0.4, 0.5) is 0 Å². The normalized spacial score (nSPS) is 13.4. The molecule has 0 spiro atoms. The summed E-state index contributed by atoms with van der Waals surface area (Å²) in [5.41, 5.74) is 4.93. The molecule has 4 heteroatoms. The molecular formula is C15H29N3O. The molecular weight excluding hydrogens is 238 g/mol. The molecule has 0 saturated heterocycles. The van der Waals surface area contributed by atoms with Gasteiger partial charge in [0.2, 0.25) is 5.91 Å². The van der Waals surface area contributed by atoms with E-state index in [1.807, 2.05) is 12.2 Å². The lowest BCUT2D eigenvalue weighted by Gasteiger charge is -2.33. The first-order valence-corrected chi connectivity index (χ1v) is 6.77. The lowest BCUT2D eigenvalue weighted by Crippen LogP contribution is -2.54. The van der Waals surface area contributed by atoms with Gasteiger partial charge in [0.1, 0.15) is 0 Å². The number of hydrogen-bond donors (Lipinski definition) is 2. The highest BCUT2D eigenvalue weighted by molar-refractivity contribution is 5.85. The first kappa shape index (κ1) is 17.9. The van der Waals surface area contributed by atoms with Gasteiger partial charge in [0.05, 0.1) is 5.54 Å². The van der Waals surface area contributed by atoms with E-state index >= 15 is 0 Å². The van der Waals surface area contributed by atoms with Crippen molar-refractivity contribution in [2.45, 2.75) is 39.3 Å². The average Bonchev–Trinajstić information content (AvgIpc) is 2.27. The van der Waals surface area contributed by atoms with E-state index in [9.17, 15) is 4.79 Å². The maximum atomic E-state index is 11.8. The molecule has 1 amide bonds. The maximum Gasteiger partial charge on any atom is 0.239 e. The van der Waals surface area contributed by atoms with Crippen molar-refractivity contribution in [3.8, 4) is 0 Å². The van der Waals surface area contributed by atoms with Crippen molar-refractivity contribution in [3.05, 3.63) is 25.3 Å². The number of amides is 1. The van der Waals surface area contributed by atoms with E-state index < -0.39 is 5.54 Å². The Morgan fingerprint density at radius 2 is 1.79 bits per heavy atom. The lowest BCUT2D eigenvalue weighted by atomic mass is 10.0. The van der Waals surface area contributed by atoms with E-state index in [1.54, 1.807) is 13.8 Å². The standard InChI is InChI=1S/C15H29N3O/c1-7-9-18(10-8-2)13(12(3)4)11-17-14(19)15(5,6)16/h7-8,12-13H,1-2,9-11,16H2,3-6H3,(H,17,19). The van der Waals surface area contributed by atoms with Crippen LogP contribution in [0.5, 0.6) is 0 Å². The third-order valence-electron chi connectivity index (χ3n) is 3.02. The van der Waals surface area contributed by atoms with Crippen LogP contribution in [0.25, 0.3) is 0 Å². The van der Waals surface area contributed by atoms with Gasteiger partial charge in [-0.25, -0.2) is 0 Å². The summed E-state index contributed by atoms with van der Waals surface area (Å²) in [4.78, 5) is 14.1. The van der Waals surface area contributed by atoms with Crippen molar-refractivity contribution < 1.29 is 4.79 Å².